The first kappa shape index (κ1) is 68.3. The molecular weight excluding hydrogens is 1290 g/mol. The van der Waals surface area contributed by atoms with Gasteiger partial charge in [-0.25, -0.2) is 28.4 Å². The van der Waals surface area contributed by atoms with Crippen molar-refractivity contribution in [3.8, 4) is 22.5 Å². The first-order chi connectivity index (χ1) is 44.9. The minimum atomic E-state index is -0.655. The Morgan fingerprint density at radius 1 is 0.691 bits per heavy atom. The number of carbonyl (C=O) groups is 3. The maximum absolute atomic E-state index is 14.2. The highest BCUT2D eigenvalue weighted by Gasteiger charge is 2.53. The number of thiophene rings is 2. The summed E-state index contributed by atoms with van der Waals surface area (Å²) in [5.41, 5.74) is 14.6. The lowest BCUT2D eigenvalue weighted by atomic mass is 9.69. The molecule has 2 spiro atoms. The Kier molecular flexibility index (Phi) is 19.9. The second kappa shape index (κ2) is 27.4. The lowest BCUT2D eigenvalue weighted by Gasteiger charge is -2.52. The molecule has 508 valence electrons. The lowest BCUT2D eigenvalue weighted by Crippen LogP contribution is -2.61. The Balaban J connectivity index is 0.000000171. The predicted molar refractivity (Wildman–Crippen MR) is 375 cm³/mol. The van der Waals surface area contributed by atoms with Gasteiger partial charge in [-0.1, -0.05) is 43.6 Å². The van der Waals surface area contributed by atoms with Crippen molar-refractivity contribution in [1.82, 2.24) is 58.8 Å². The van der Waals surface area contributed by atoms with E-state index in [0.29, 0.717) is 42.1 Å². The molecule has 4 N–H and O–H groups in total. The van der Waals surface area contributed by atoms with Gasteiger partial charge in [0.1, 0.15) is 27.9 Å². The number of pyridine rings is 2. The third-order valence-corrected chi connectivity index (χ3v) is 24.2. The third kappa shape index (κ3) is 12.8. The number of amides is 2. The third-order valence-electron chi connectivity index (χ3n) is 21.1. The van der Waals surface area contributed by atoms with Crippen molar-refractivity contribution in [3.63, 3.8) is 0 Å². The van der Waals surface area contributed by atoms with E-state index in [9.17, 15) is 19.5 Å². The fourth-order valence-electron chi connectivity index (χ4n) is 16.1. The summed E-state index contributed by atoms with van der Waals surface area (Å²) < 4.78 is 23.8. The SMILES string of the molecule is Cc1c(-c2[nH]c3sc(C4CCN(C(=O)C5CC6(C5)CN(CCO)CCO6)CC4)c(C)c3c2C(C)C)cn2ncnc2c1C.Cc1c(-c2c(C(C)C)c3c(C)c(C4CCN(C(=O)C5CC6(CNCCO6)C5)CC4)sc3n2C(=O)OC(C)(C)C)cn2ncnc2c1C.OCCBr. The van der Waals surface area contributed by atoms with Crippen LogP contribution in [0, 0.1) is 53.4 Å². The van der Waals surface area contributed by atoms with Gasteiger partial charge in [0.2, 0.25) is 11.8 Å². The summed E-state index contributed by atoms with van der Waals surface area (Å²) in [6, 6.07) is 0. The Bertz CT molecular complexity index is 4090. The molecule has 2 aliphatic carbocycles. The number of piperidine rings is 2. The number of aromatic amines is 1. The number of carbonyl (C=O) groups excluding carboxylic acids is 3. The van der Waals surface area contributed by atoms with Crippen molar-refractivity contribution in [2.24, 2.45) is 11.8 Å². The molecule has 14 rings (SSSR count). The second-order valence-corrected chi connectivity index (χ2v) is 31.9. The fraction of sp³-hybridized carbons (Fsp3) is 0.620. The van der Waals surface area contributed by atoms with Crippen LogP contribution < -0.4 is 5.32 Å². The maximum Gasteiger partial charge on any atom is 0.420 e. The van der Waals surface area contributed by atoms with Crippen LogP contribution in [-0.2, 0) is 23.8 Å². The molecule has 8 aromatic rings. The number of ether oxygens (including phenoxy) is 3. The summed E-state index contributed by atoms with van der Waals surface area (Å²) >= 11 is 6.63. The molecular formula is C71H97BrN12O8S2. The number of halogens is 1. The van der Waals surface area contributed by atoms with E-state index in [-0.39, 0.29) is 54.2 Å². The first-order valence-corrected chi connectivity index (χ1v) is 36.9. The van der Waals surface area contributed by atoms with E-state index in [1.165, 1.54) is 53.5 Å². The van der Waals surface area contributed by atoms with E-state index < -0.39 is 5.60 Å². The average molecular weight is 1390 g/mol. The van der Waals surface area contributed by atoms with Gasteiger partial charge in [-0.15, -0.1) is 22.7 Å². The van der Waals surface area contributed by atoms with Crippen LogP contribution in [0.25, 0.3) is 54.2 Å². The molecule has 94 heavy (non-hydrogen) atoms. The molecule has 2 amide bonds. The first-order valence-electron chi connectivity index (χ1n) is 34.1. The number of β-amino-alcohol motifs (C(OH)–C–C–N with tert-alkyl or cyclic N) is 1. The summed E-state index contributed by atoms with van der Waals surface area (Å²) in [5, 5.41) is 32.7. The molecule has 6 fully saturated rings. The zero-order chi connectivity index (χ0) is 66.9. The van der Waals surface area contributed by atoms with E-state index >= 15 is 0 Å². The molecule has 2 saturated carbocycles. The van der Waals surface area contributed by atoms with Crippen LogP contribution in [0.2, 0.25) is 0 Å². The van der Waals surface area contributed by atoms with Crippen LogP contribution in [-0.4, -0.2) is 189 Å². The van der Waals surface area contributed by atoms with Gasteiger partial charge in [0.15, 0.2) is 11.3 Å². The van der Waals surface area contributed by atoms with E-state index in [1.54, 1.807) is 28.5 Å². The number of alkyl halides is 1. The molecule has 0 unspecified atom stereocenters. The normalized spacial score (nSPS) is 22.4. The summed E-state index contributed by atoms with van der Waals surface area (Å²) in [6.45, 7) is 36.8. The van der Waals surface area contributed by atoms with Gasteiger partial charge >= 0.3 is 6.09 Å². The topological polar surface area (TPSA) is 222 Å². The van der Waals surface area contributed by atoms with Gasteiger partial charge in [-0.3, -0.25) is 14.5 Å². The largest absolute Gasteiger partial charge is 0.443 e. The van der Waals surface area contributed by atoms with Crippen molar-refractivity contribution in [3.05, 3.63) is 79.3 Å². The number of nitrogens with zero attached hydrogens (tertiary/aromatic N) is 10. The van der Waals surface area contributed by atoms with E-state index in [0.717, 1.165) is 165 Å². The molecule has 20 nitrogen and oxygen atoms in total. The number of morpholine rings is 2. The highest BCUT2D eigenvalue weighted by molar-refractivity contribution is 9.09. The van der Waals surface area contributed by atoms with Crippen molar-refractivity contribution in [1.29, 1.82) is 0 Å². The number of hydrogen-bond acceptors (Lipinski definition) is 16. The van der Waals surface area contributed by atoms with E-state index in [2.05, 4.69) is 137 Å². The molecule has 12 heterocycles. The quantitative estimate of drug-likeness (QED) is 0.0885. The van der Waals surface area contributed by atoms with E-state index in [1.807, 2.05) is 47.4 Å². The van der Waals surface area contributed by atoms with Gasteiger partial charge < -0.3 is 44.5 Å². The monoisotopic (exact) mass is 1390 g/mol. The highest BCUT2D eigenvalue weighted by Crippen LogP contribution is 2.52. The summed E-state index contributed by atoms with van der Waals surface area (Å²) in [5.74, 6) is 2.07. The number of aryl methyl sites for hydroxylation is 4. The minimum Gasteiger partial charge on any atom is -0.443 e. The van der Waals surface area contributed by atoms with Crippen molar-refractivity contribution < 1.29 is 38.8 Å². The summed E-state index contributed by atoms with van der Waals surface area (Å²) in [6.07, 6.45) is 14.1. The Labute approximate surface area is 568 Å². The molecule has 23 heteroatoms. The number of aromatic nitrogens is 8. The van der Waals surface area contributed by atoms with E-state index in [4.69, 9.17) is 19.3 Å². The van der Waals surface area contributed by atoms with Crippen LogP contribution in [0.15, 0.2) is 25.0 Å². The maximum atomic E-state index is 14.2. The molecule has 0 bridgehead atoms. The smallest absolute Gasteiger partial charge is 0.420 e. The average Bonchev–Trinajstić information content (AvgIpc) is 1.50. The highest BCUT2D eigenvalue weighted by atomic mass is 79.9. The molecule has 0 radical (unpaired) electrons. The van der Waals surface area contributed by atoms with Gasteiger partial charge in [0.05, 0.1) is 49.0 Å². The number of H-pyrrole nitrogens is 1. The molecule has 6 aliphatic rings. The predicted octanol–water partition coefficient (Wildman–Crippen LogP) is 12.3. The van der Waals surface area contributed by atoms with Crippen molar-refractivity contribution in [2.75, 3.05) is 90.7 Å². The standard InChI is InChI=1S/C36H48N6O4S.C33H44N6O3S.C2H5BrO/c1-20(2)27-28-23(5)30(24-9-12-40(13-10-24)32(43)25-15-36(16-25)18-37-11-14-45-36)47-33(28)42(34(44)46-35(6,7)8)29(27)26-17-41-31(38-19-39-41)22(4)21(26)3;1-19(2)26-27-22(5)29(43-31(27)36-28(26)25-16-39-30(34-18-35-39)21(4)20(25)3)23-6-8-38(9-7-23)32(41)24-14-33(15-24)17-37(10-12-40)11-13-42-33;3-1-2-4/h17,19-20,24-25,37H,9-16,18H2,1-8H3;16,18-19,23-24,36,40H,6-15,17H2,1-5H3;4H,1-2H2. The lowest BCUT2D eigenvalue weighted by molar-refractivity contribution is -0.186. The van der Waals surface area contributed by atoms with Crippen molar-refractivity contribution in [2.45, 2.75) is 182 Å². The number of rotatable bonds is 11. The van der Waals surface area contributed by atoms with Crippen LogP contribution in [0.5, 0.6) is 0 Å². The Morgan fingerprint density at radius 2 is 1.21 bits per heavy atom. The van der Waals surface area contributed by atoms with Gasteiger partial charge in [0.25, 0.3) is 0 Å². The molecule has 4 saturated heterocycles. The molecule has 0 atom stereocenters. The number of aliphatic hydroxyl groups is 2. The molecule has 4 aliphatic heterocycles. The Hall–Kier alpha value is -5.63. The number of aliphatic hydroxyl groups excluding tert-OH is 2. The number of likely N-dealkylation sites (tertiary alicyclic amines) is 2. The van der Waals surface area contributed by atoms with Gasteiger partial charge in [-0.05, 0) is 182 Å². The zero-order valence-electron chi connectivity index (χ0n) is 57.3. The summed E-state index contributed by atoms with van der Waals surface area (Å²) in [4.78, 5) is 65.3. The van der Waals surface area contributed by atoms with Crippen LogP contribution in [0.4, 0.5) is 4.79 Å². The van der Waals surface area contributed by atoms with Gasteiger partial charge in [-0.2, -0.15) is 10.2 Å². The van der Waals surface area contributed by atoms with Crippen LogP contribution in [0.3, 0.4) is 0 Å². The Morgan fingerprint density at radius 3 is 1.73 bits per heavy atom. The van der Waals surface area contributed by atoms with Gasteiger partial charge in [0, 0.05) is 120 Å². The molecule has 0 aromatic carbocycles. The number of fused-ring (bicyclic) bond motifs is 4. The minimum absolute atomic E-state index is 0.0714. The number of nitrogens with one attached hydrogen (secondary N) is 2. The van der Waals surface area contributed by atoms with Crippen molar-refractivity contribution >= 4 is 88.2 Å². The van der Waals surface area contributed by atoms with Crippen LogP contribution >= 0.6 is 38.6 Å². The number of hydrogen-bond donors (Lipinski definition) is 4. The second-order valence-electron chi connectivity index (χ2n) is 29.1. The van der Waals surface area contributed by atoms with Crippen LogP contribution in [0.1, 0.15) is 178 Å². The fourth-order valence-corrected chi connectivity index (χ4v) is 19.0. The summed E-state index contributed by atoms with van der Waals surface area (Å²) in [7, 11) is 0. The zero-order valence-corrected chi connectivity index (χ0v) is 60.6. The molecule has 8 aromatic heterocycles.